The second kappa shape index (κ2) is 3.15. The van der Waals surface area contributed by atoms with Crippen LogP contribution >= 0.6 is 0 Å². The number of piperazine rings is 1. The Morgan fingerprint density at radius 3 is 2.75 bits per heavy atom. The van der Waals surface area contributed by atoms with Gasteiger partial charge >= 0.3 is 5.97 Å². The zero-order chi connectivity index (χ0) is 8.39. The van der Waals surface area contributed by atoms with Crippen molar-refractivity contribution in [3.63, 3.8) is 0 Å². The fourth-order valence-electron chi connectivity index (χ4n) is 1.50. The zero-order valence-electron chi connectivity index (χ0n) is 6.88. The van der Waals surface area contributed by atoms with Gasteiger partial charge in [-0.05, 0) is 0 Å². The smallest absolute Gasteiger partial charge is 0.316 e. The minimum Gasteiger partial charge on any atom is -0.432 e. The van der Waals surface area contributed by atoms with Gasteiger partial charge in [-0.3, -0.25) is 4.79 Å². The first kappa shape index (κ1) is 7.61. The Hall–Kier alpha value is -1.03. The van der Waals surface area contributed by atoms with Crippen LogP contribution < -0.4 is 5.32 Å². The van der Waals surface area contributed by atoms with E-state index in [2.05, 4.69) is 10.2 Å². The number of hydrogen-bond donors (Lipinski definition) is 1. The molecule has 2 rings (SSSR count). The molecule has 1 saturated heterocycles. The number of nitrogens with one attached hydrogen (secondary N) is 1. The van der Waals surface area contributed by atoms with Crippen molar-refractivity contribution in [2.24, 2.45) is 0 Å². The first-order chi connectivity index (χ1) is 5.86. The number of carbonyl (C=O) groups excluding carboxylic acids is 1. The Morgan fingerprint density at radius 2 is 2.17 bits per heavy atom. The largest absolute Gasteiger partial charge is 0.432 e. The molecule has 4 heteroatoms. The summed E-state index contributed by atoms with van der Waals surface area (Å²) in [6.07, 6.45) is 2.02. The van der Waals surface area contributed by atoms with Crippen LogP contribution in [-0.4, -0.2) is 37.0 Å². The summed E-state index contributed by atoms with van der Waals surface area (Å²) in [7, 11) is 0. The van der Waals surface area contributed by atoms with Crippen LogP contribution in [0.25, 0.3) is 0 Å². The lowest BCUT2D eigenvalue weighted by Crippen LogP contribution is -2.42. The number of esters is 1. The normalized spacial score (nSPS) is 23.8. The fourth-order valence-corrected chi connectivity index (χ4v) is 1.50. The lowest BCUT2D eigenvalue weighted by atomic mass is 10.3. The summed E-state index contributed by atoms with van der Waals surface area (Å²) >= 11 is 0. The van der Waals surface area contributed by atoms with Gasteiger partial charge in [0.2, 0.25) is 0 Å². The lowest BCUT2D eigenvalue weighted by Gasteiger charge is -2.29. The molecule has 0 aromatic carbocycles. The van der Waals surface area contributed by atoms with Gasteiger partial charge in [-0.25, -0.2) is 0 Å². The van der Waals surface area contributed by atoms with E-state index in [9.17, 15) is 4.79 Å². The van der Waals surface area contributed by atoms with Crippen molar-refractivity contribution < 1.29 is 9.53 Å². The van der Waals surface area contributed by atoms with Crippen LogP contribution in [0, 0.1) is 0 Å². The summed E-state index contributed by atoms with van der Waals surface area (Å²) in [4.78, 5) is 13.0. The minimum atomic E-state index is -0.136. The van der Waals surface area contributed by atoms with Crippen LogP contribution in [0.2, 0.25) is 0 Å². The van der Waals surface area contributed by atoms with E-state index < -0.39 is 0 Å². The molecular weight excluding hydrogens is 156 g/mol. The molecule has 0 radical (unpaired) electrons. The first-order valence-electron chi connectivity index (χ1n) is 4.20. The van der Waals surface area contributed by atoms with Crippen LogP contribution in [0.15, 0.2) is 12.0 Å². The van der Waals surface area contributed by atoms with Crippen molar-refractivity contribution in [3.8, 4) is 0 Å². The molecule has 0 saturated carbocycles. The molecule has 12 heavy (non-hydrogen) atoms. The number of hydrogen-bond acceptors (Lipinski definition) is 4. The van der Waals surface area contributed by atoms with Crippen molar-refractivity contribution in [3.05, 3.63) is 12.0 Å². The molecule has 0 aliphatic carbocycles. The topological polar surface area (TPSA) is 41.6 Å². The summed E-state index contributed by atoms with van der Waals surface area (Å²) in [6.45, 7) is 3.93. The van der Waals surface area contributed by atoms with Crippen molar-refractivity contribution >= 4 is 5.97 Å². The van der Waals surface area contributed by atoms with Crippen molar-refractivity contribution in [1.82, 2.24) is 10.2 Å². The molecule has 0 amide bonds. The summed E-state index contributed by atoms with van der Waals surface area (Å²) in [6, 6.07) is 0. The quantitative estimate of drug-likeness (QED) is 0.545. The van der Waals surface area contributed by atoms with E-state index in [0.717, 1.165) is 31.9 Å². The number of rotatable bonds is 1. The highest BCUT2D eigenvalue weighted by molar-refractivity contribution is 5.75. The van der Waals surface area contributed by atoms with Crippen LogP contribution in [0.4, 0.5) is 0 Å². The maximum absolute atomic E-state index is 10.8. The van der Waals surface area contributed by atoms with E-state index in [1.165, 1.54) is 0 Å². The van der Waals surface area contributed by atoms with E-state index in [-0.39, 0.29) is 5.97 Å². The highest BCUT2D eigenvalue weighted by Gasteiger charge is 2.21. The van der Waals surface area contributed by atoms with Crippen LogP contribution in [0.3, 0.4) is 0 Å². The van der Waals surface area contributed by atoms with Crippen molar-refractivity contribution in [2.45, 2.75) is 6.42 Å². The summed E-state index contributed by atoms with van der Waals surface area (Å²) in [5, 5.41) is 3.25. The van der Waals surface area contributed by atoms with Gasteiger partial charge in [0.05, 0.1) is 12.1 Å². The van der Waals surface area contributed by atoms with Crippen molar-refractivity contribution in [1.29, 1.82) is 0 Å². The van der Waals surface area contributed by atoms with Gasteiger partial charge < -0.3 is 15.0 Å². The minimum absolute atomic E-state index is 0.136. The fraction of sp³-hybridized carbons (Fsp3) is 0.625. The van der Waals surface area contributed by atoms with Crippen LogP contribution in [-0.2, 0) is 9.53 Å². The van der Waals surface area contributed by atoms with Gasteiger partial charge in [-0.2, -0.15) is 0 Å². The van der Waals surface area contributed by atoms with Crippen LogP contribution in [0.1, 0.15) is 6.42 Å². The van der Waals surface area contributed by atoms with E-state index >= 15 is 0 Å². The van der Waals surface area contributed by atoms with E-state index in [1.807, 2.05) is 0 Å². The average molecular weight is 168 g/mol. The third kappa shape index (κ3) is 1.43. The molecule has 4 nitrogen and oxygen atoms in total. The van der Waals surface area contributed by atoms with Gasteiger partial charge in [0.1, 0.15) is 6.26 Å². The Balaban J connectivity index is 1.95. The standard InChI is InChI=1S/C8H12N2O2/c11-8-5-7(6-12-8)10-3-1-9-2-4-10/h6,9H,1-5H2. The molecule has 0 spiro atoms. The van der Waals surface area contributed by atoms with Crippen molar-refractivity contribution in [2.75, 3.05) is 26.2 Å². The predicted octanol–water partition coefficient (Wildman–Crippen LogP) is -0.320. The molecule has 0 aromatic rings. The molecule has 2 aliphatic heterocycles. The third-order valence-corrected chi connectivity index (χ3v) is 2.18. The van der Waals surface area contributed by atoms with E-state index in [0.29, 0.717) is 6.42 Å². The molecule has 0 unspecified atom stereocenters. The zero-order valence-corrected chi connectivity index (χ0v) is 6.88. The number of nitrogens with zero attached hydrogens (tertiary/aromatic N) is 1. The molecule has 0 bridgehead atoms. The highest BCUT2D eigenvalue weighted by Crippen LogP contribution is 2.16. The van der Waals surface area contributed by atoms with Gasteiger partial charge in [0.25, 0.3) is 0 Å². The number of carbonyl (C=O) groups is 1. The SMILES string of the molecule is O=C1CC(N2CCNCC2)=CO1. The van der Waals surface area contributed by atoms with Crippen LogP contribution in [0.5, 0.6) is 0 Å². The maximum atomic E-state index is 10.8. The molecule has 1 N–H and O–H groups in total. The summed E-state index contributed by atoms with van der Waals surface area (Å²) < 4.78 is 4.76. The summed E-state index contributed by atoms with van der Waals surface area (Å²) in [5.41, 5.74) is 1.03. The van der Waals surface area contributed by atoms with Gasteiger partial charge in [-0.15, -0.1) is 0 Å². The monoisotopic (exact) mass is 168 g/mol. The van der Waals surface area contributed by atoms with Gasteiger partial charge in [0, 0.05) is 26.2 Å². The molecule has 66 valence electrons. The Labute approximate surface area is 71.2 Å². The Bertz CT molecular complexity index is 219. The summed E-state index contributed by atoms with van der Waals surface area (Å²) in [5.74, 6) is -0.136. The van der Waals surface area contributed by atoms with Gasteiger partial charge in [-0.1, -0.05) is 0 Å². The van der Waals surface area contributed by atoms with E-state index in [4.69, 9.17) is 4.74 Å². The van der Waals surface area contributed by atoms with Gasteiger partial charge in [0.15, 0.2) is 0 Å². The second-order valence-electron chi connectivity index (χ2n) is 3.01. The van der Waals surface area contributed by atoms with E-state index in [1.54, 1.807) is 6.26 Å². The molecule has 1 fully saturated rings. The number of cyclic esters (lactones) is 1. The maximum Gasteiger partial charge on any atom is 0.316 e. The third-order valence-electron chi connectivity index (χ3n) is 2.18. The lowest BCUT2D eigenvalue weighted by molar-refractivity contribution is -0.135. The average Bonchev–Trinajstić information content (AvgIpc) is 2.54. The molecular formula is C8H12N2O2. The molecule has 0 aromatic heterocycles. The molecule has 2 heterocycles. The highest BCUT2D eigenvalue weighted by atomic mass is 16.5. The first-order valence-corrected chi connectivity index (χ1v) is 4.20. The second-order valence-corrected chi connectivity index (χ2v) is 3.01. The Kier molecular flexibility index (Phi) is 1.99. The Morgan fingerprint density at radius 1 is 1.42 bits per heavy atom. The molecule has 0 atom stereocenters. The predicted molar refractivity (Wildman–Crippen MR) is 43.2 cm³/mol. The number of ether oxygens (including phenoxy) is 1. The molecule has 2 aliphatic rings.